The standard InChI is InChI=1S/C13H15BrClNO3/c1-3-16(7-8(2)13(18)19)12(17)9-5-4-6-10(14)11(9)15/h4-6,8H,3,7H2,1-2H3,(H,18,19). The molecule has 0 aliphatic heterocycles. The van der Waals surface area contributed by atoms with E-state index in [9.17, 15) is 9.59 Å². The Morgan fingerprint density at radius 1 is 1.47 bits per heavy atom. The van der Waals surface area contributed by atoms with Crippen molar-refractivity contribution < 1.29 is 14.7 Å². The van der Waals surface area contributed by atoms with Crippen LogP contribution in [0.15, 0.2) is 22.7 Å². The van der Waals surface area contributed by atoms with E-state index >= 15 is 0 Å². The van der Waals surface area contributed by atoms with Crippen LogP contribution in [0, 0.1) is 5.92 Å². The summed E-state index contributed by atoms with van der Waals surface area (Å²) in [7, 11) is 0. The van der Waals surface area contributed by atoms with Crippen LogP contribution in [0.5, 0.6) is 0 Å². The number of halogens is 2. The average Bonchev–Trinajstić information content (AvgIpc) is 2.38. The Morgan fingerprint density at radius 2 is 2.11 bits per heavy atom. The molecule has 1 aromatic carbocycles. The van der Waals surface area contributed by atoms with E-state index in [0.29, 0.717) is 21.6 Å². The van der Waals surface area contributed by atoms with E-state index < -0.39 is 11.9 Å². The van der Waals surface area contributed by atoms with Gasteiger partial charge in [0.15, 0.2) is 0 Å². The minimum atomic E-state index is -0.924. The van der Waals surface area contributed by atoms with Gasteiger partial charge >= 0.3 is 5.97 Å². The normalized spacial score (nSPS) is 12.0. The van der Waals surface area contributed by atoms with Crippen molar-refractivity contribution in [3.8, 4) is 0 Å². The Hall–Kier alpha value is -1.07. The fraction of sp³-hybridized carbons (Fsp3) is 0.385. The van der Waals surface area contributed by atoms with Crippen LogP contribution in [-0.2, 0) is 4.79 Å². The molecule has 1 N–H and O–H groups in total. The van der Waals surface area contributed by atoms with Crippen molar-refractivity contribution in [2.75, 3.05) is 13.1 Å². The second-order valence-corrected chi connectivity index (χ2v) is 5.42. The number of carboxylic acid groups (broad SMARTS) is 1. The maximum absolute atomic E-state index is 12.3. The summed E-state index contributed by atoms with van der Waals surface area (Å²) < 4.78 is 0.641. The molecule has 1 rings (SSSR count). The Labute approximate surface area is 125 Å². The Kier molecular flexibility index (Phi) is 5.82. The quantitative estimate of drug-likeness (QED) is 0.888. The van der Waals surface area contributed by atoms with Gasteiger partial charge in [0.1, 0.15) is 0 Å². The monoisotopic (exact) mass is 347 g/mol. The number of aliphatic carboxylic acids is 1. The number of carbonyl (C=O) groups excluding carboxylic acids is 1. The molecule has 0 radical (unpaired) electrons. The second kappa shape index (κ2) is 6.91. The topological polar surface area (TPSA) is 57.6 Å². The number of nitrogens with zero attached hydrogens (tertiary/aromatic N) is 1. The minimum Gasteiger partial charge on any atom is -0.481 e. The van der Waals surface area contributed by atoms with E-state index in [4.69, 9.17) is 16.7 Å². The number of benzene rings is 1. The molecule has 0 aromatic heterocycles. The van der Waals surface area contributed by atoms with Crippen LogP contribution in [0.3, 0.4) is 0 Å². The number of hydrogen-bond donors (Lipinski definition) is 1. The second-order valence-electron chi connectivity index (χ2n) is 4.18. The van der Waals surface area contributed by atoms with Gasteiger partial charge in [-0.2, -0.15) is 0 Å². The van der Waals surface area contributed by atoms with E-state index in [0.717, 1.165) is 0 Å². The molecule has 0 saturated carbocycles. The van der Waals surface area contributed by atoms with Crippen molar-refractivity contribution in [3.63, 3.8) is 0 Å². The van der Waals surface area contributed by atoms with E-state index in [1.165, 1.54) is 4.90 Å². The molecule has 104 valence electrons. The molecule has 1 atom stereocenters. The molecule has 0 bridgehead atoms. The van der Waals surface area contributed by atoms with Crippen LogP contribution in [0.1, 0.15) is 24.2 Å². The van der Waals surface area contributed by atoms with Crippen LogP contribution >= 0.6 is 27.5 Å². The molecule has 0 aliphatic rings. The van der Waals surface area contributed by atoms with Gasteiger partial charge in [0.2, 0.25) is 0 Å². The maximum Gasteiger partial charge on any atom is 0.308 e. The van der Waals surface area contributed by atoms with Crippen LogP contribution in [-0.4, -0.2) is 35.0 Å². The number of amides is 1. The highest BCUT2D eigenvalue weighted by Gasteiger charge is 2.22. The van der Waals surface area contributed by atoms with Crippen molar-refractivity contribution in [3.05, 3.63) is 33.3 Å². The van der Waals surface area contributed by atoms with Crippen molar-refractivity contribution in [1.82, 2.24) is 4.90 Å². The molecular formula is C13H15BrClNO3. The lowest BCUT2D eigenvalue weighted by Gasteiger charge is -2.23. The van der Waals surface area contributed by atoms with Crippen molar-refractivity contribution in [2.45, 2.75) is 13.8 Å². The molecule has 0 aliphatic carbocycles. The highest BCUT2D eigenvalue weighted by Crippen LogP contribution is 2.27. The largest absolute Gasteiger partial charge is 0.481 e. The molecule has 0 saturated heterocycles. The number of rotatable bonds is 5. The predicted octanol–water partition coefficient (Wildman–Crippen LogP) is 3.29. The van der Waals surface area contributed by atoms with Gasteiger partial charge in [0.05, 0.1) is 16.5 Å². The molecular weight excluding hydrogens is 334 g/mol. The first kappa shape index (κ1) is 16.0. The lowest BCUT2D eigenvalue weighted by Crippen LogP contribution is -2.36. The molecule has 1 aromatic rings. The summed E-state index contributed by atoms with van der Waals surface area (Å²) in [6, 6.07) is 5.09. The zero-order valence-electron chi connectivity index (χ0n) is 10.7. The van der Waals surface area contributed by atoms with Gasteiger partial charge in [-0.1, -0.05) is 24.6 Å². The van der Waals surface area contributed by atoms with Gasteiger partial charge < -0.3 is 10.0 Å². The first-order valence-corrected chi connectivity index (χ1v) is 7.01. The van der Waals surface area contributed by atoms with Gasteiger partial charge in [-0.3, -0.25) is 9.59 Å². The Morgan fingerprint density at radius 3 is 2.63 bits per heavy atom. The molecule has 4 nitrogen and oxygen atoms in total. The van der Waals surface area contributed by atoms with Crippen molar-refractivity contribution in [1.29, 1.82) is 0 Å². The van der Waals surface area contributed by atoms with Crippen LogP contribution in [0.25, 0.3) is 0 Å². The van der Waals surface area contributed by atoms with Gasteiger partial charge in [-0.15, -0.1) is 0 Å². The molecule has 6 heteroatoms. The van der Waals surface area contributed by atoms with Crippen LogP contribution in [0.2, 0.25) is 5.02 Å². The Balaban J connectivity index is 2.96. The molecule has 19 heavy (non-hydrogen) atoms. The summed E-state index contributed by atoms with van der Waals surface area (Å²) in [6.45, 7) is 3.96. The maximum atomic E-state index is 12.3. The summed E-state index contributed by atoms with van der Waals surface area (Å²) in [6.07, 6.45) is 0. The third-order valence-electron chi connectivity index (χ3n) is 2.77. The van der Waals surface area contributed by atoms with E-state index in [1.807, 2.05) is 0 Å². The first-order valence-electron chi connectivity index (χ1n) is 5.84. The first-order chi connectivity index (χ1) is 8.88. The fourth-order valence-corrected chi connectivity index (χ4v) is 2.18. The van der Waals surface area contributed by atoms with Crippen molar-refractivity contribution in [2.24, 2.45) is 5.92 Å². The third-order valence-corrected chi connectivity index (χ3v) is 4.06. The summed E-state index contributed by atoms with van der Waals surface area (Å²) in [5.41, 5.74) is 0.371. The van der Waals surface area contributed by atoms with Gasteiger partial charge in [-0.25, -0.2) is 0 Å². The van der Waals surface area contributed by atoms with Crippen molar-refractivity contribution >= 4 is 39.4 Å². The lowest BCUT2D eigenvalue weighted by atomic mass is 10.1. The predicted molar refractivity (Wildman–Crippen MR) is 77.5 cm³/mol. The van der Waals surface area contributed by atoms with Crippen LogP contribution < -0.4 is 0 Å². The van der Waals surface area contributed by atoms with Crippen LogP contribution in [0.4, 0.5) is 0 Å². The molecule has 0 heterocycles. The van der Waals surface area contributed by atoms with E-state index in [2.05, 4.69) is 15.9 Å². The van der Waals surface area contributed by atoms with Gasteiger partial charge in [0.25, 0.3) is 5.91 Å². The zero-order chi connectivity index (χ0) is 14.6. The number of carboxylic acids is 1. The molecule has 1 unspecified atom stereocenters. The number of carbonyl (C=O) groups is 2. The smallest absolute Gasteiger partial charge is 0.308 e. The summed E-state index contributed by atoms with van der Waals surface area (Å²) in [5.74, 6) is -1.80. The summed E-state index contributed by atoms with van der Waals surface area (Å²) >= 11 is 9.34. The third kappa shape index (κ3) is 3.94. The highest BCUT2D eigenvalue weighted by molar-refractivity contribution is 9.10. The lowest BCUT2D eigenvalue weighted by molar-refractivity contribution is -0.141. The fourth-order valence-electron chi connectivity index (χ4n) is 1.60. The molecule has 0 fully saturated rings. The summed E-state index contributed by atoms with van der Waals surface area (Å²) in [4.78, 5) is 24.7. The highest BCUT2D eigenvalue weighted by atomic mass is 79.9. The molecule has 0 spiro atoms. The van der Waals surface area contributed by atoms with E-state index in [1.54, 1.807) is 32.0 Å². The minimum absolute atomic E-state index is 0.160. The van der Waals surface area contributed by atoms with Gasteiger partial charge in [-0.05, 0) is 35.0 Å². The zero-order valence-corrected chi connectivity index (χ0v) is 13.0. The molecule has 1 amide bonds. The Bertz CT molecular complexity index is 493. The number of hydrogen-bond acceptors (Lipinski definition) is 2. The average molecular weight is 349 g/mol. The van der Waals surface area contributed by atoms with E-state index in [-0.39, 0.29) is 12.5 Å². The SMILES string of the molecule is CCN(CC(C)C(=O)O)C(=O)c1cccc(Br)c1Cl. The van der Waals surface area contributed by atoms with Gasteiger partial charge in [0, 0.05) is 17.6 Å². The summed E-state index contributed by atoms with van der Waals surface area (Å²) in [5, 5.41) is 9.25.